The number of hydrogen-bond acceptors (Lipinski definition) is 3. The van der Waals surface area contributed by atoms with Crippen molar-refractivity contribution in [2.24, 2.45) is 0 Å². The minimum absolute atomic E-state index is 0.0438. The smallest absolute Gasteiger partial charge is 0.163 e. The van der Waals surface area contributed by atoms with Gasteiger partial charge < -0.3 is 14.5 Å². The first-order valence-electron chi connectivity index (χ1n) is 7.66. The number of halogens is 1. The number of benzene rings is 2. The molecule has 120 valence electrons. The molecule has 0 unspecified atom stereocenters. The Hall–Kier alpha value is -2.20. The van der Waals surface area contributed by atoms with E-state index in [-0.39, 0.29) is 6.10 Å². The van der Waals surface area contributed by atoms with Gasteiger partial charge >= 0.3 is 0 Å². The average molecular weight is 331 g/mol. The first-order valence-corrected chi connectivity index (χ1v) is 8.04. The van der Waals surface area contributed by atoms with Gasteiger partial charge in [-0.2, -0.15) is 0 Å². The fraction of sp³-hybridized carbons (Fsp3) is 0.278. The minimum atomic E-state index is 0.0438. The van der Waals surface area contributed by atoms with E-state index in [1.165, 1.54) is 0 Å². The Morgan fingerprint density at radius 3 is 2.65 bits per heavy atom. The van der Waals surface area contributed by atoms with Crippen molar-refractivity contribution in [3.63, 3.8) is 0 Å². The van der Waals surface area contributed by atoms with E-state index in [9.17, 15) is 0 Å². The maximum atomic E-state index is 6.45. The summed E-state index contributed by atoms with van der Waals surface area (Å²) in [5, 5.41) is 0.572. The van der Waals surface area contributed by atoms with Crippen LogP contribution in [0.5, 0.6) is 11.5 Å². The topological polar surface area (TPSA) is 47.1 Å². The van der Waals surface area contributed by atoms with Crippen molar-refractivity contribution < 1.29 is 9.47 Å². The Morgan fingerprint density at radius 1 is 1.17 bits per heavy atom. The largest absolute Gasteiger partial charge is 0.490 e. The van der Waals surface area contributed by atoms with Crippen molar-refractivity contribution in [1.82, 2.24) is 9.97 Å². The van der Waals surface area contributed by atoms with Crippen LogP contribution < -0.4 is 9.47 Å². The molecule has 1 aromatic heterocycles. The van der Waals surface area contributed by atoms with Crippen LogP contribution in [0.3, 0.4) is 0 Å². The number of nitrogens with zero attached hydrogens (tertiary/aromatic N) is 1. The third-order valence-electron chi connectivity index (χ3n) is 3.34. The van der Waals surface area contributed by atoms with Gasteiger partial charge in [-0.1, -0.05) is 23.7 Å². The van der Waals surface area contributed by atoms with Crippen molar-refractivity contribution in [3.8, 4) is 22.9 Å². The second-order valence-corrected chi connectivity index (χ2v) is 5.89. The van der Waals surface area contributed by atoms with E-state index in [1.54, 1.807) is 6.07 Å². The molecule has 3 aromatic rings. The number of aromatic amines is 1. The molecule has 0 aliphatic heterocycles. The number of nitrogens with one attached hydrogen (secondary N) is 1. The summed E-state index contributed by atoms with van der Waals surface area (Å²) in [7, 11) is 0. The number of H-pyrrole nitrogens is 1. The molecule has 0 radical (unpaired) electrons. The molecule has 23 heavy (non-hydrogen) atoms. The molecule has 1 N–H and O–H groups in total. The summed E-state index contributed by atoms with van der Waals surface area (Å²) in [5.74, 6) is 2.03. The SMILES string of the molecule is CCOc1cc(-c2nc3ccccc3[nH]2)c(Cl)cc1OC(C)C. The van der Waals surface area contributed by atoms with Crippen molar-refractivity contribution in [3.05, 3.63) is 41.4 Å². The van der Waals surface area contributed by atoms with Crippen molar-refractivity contribution in [1.29, 1.82) is 0 Å². The van der Waals surface area contributed by atoms with Gasteiger partial charge in [0.1, 0.15) is 5.82 Å². The highest BCUT2D eigenvalue weighted by atomic mass is 35.5. The molecule has 0 aliphatic carbocycles. The van der Waals surface area contributed by atoms with Crippen LogP contribution in [0.15, 0.2) is 36.4 Å². The summed E-state index contributed by atoms with van der Waals surface area (Å²) in [6, 6.07) is 11.5. The van der Waals surface area contributed by atoms with Crippen molar-refractivity contribution in [2.75, 3.05) is 6.61 Å². The highest BCUT2D eigenvalue weighted by Crippen LogP contribution is 2.38. The Labute approximate surface area is 140 Å². The van der Waals surface area contributed by atoms with Gasteiger partial charge in [0.15, 0.2) is 11.5 Å². The predicted molar refractivity (Wildman–Crippen MR) is 93.5 cm³/mol. The second kappa shape index (κ2) is 6.50. The minimum Gasteiger partial charge on any atom is -0.490 e. The molecule has 4 nitrogen and oxygen atoms in total. The zero-order chi connectivity index (χ0) is 16.4. The zero-order valence-corrected chi connectivity index (χ0v) is 14.1. The summed E-state index contributed by atoms with van der Waals surface area (Å²) in [6.07, 6.45) is 0.0438. The van der Waals surface area contributed by atoms with Gasteiger partial charge in [-0.15, -0.1) is 0 Å². The summed E-state index contributed by atoms with van der Waals surface area (Å²) in [6.45, 7) is 6.43. The molecule has 5 heteroatoms. The lowest BCUT2D eigenvalue weighted by Crippen LogP contribution is -2.07. The number of rotatable bonds is 5. The Balaban J connectivity index is 2.09. The van der Waals surface area contributed by atoms with Gasteiger partial charge in [0.2, 0.25) is 0 Å². The highest BCUT2D eigenvalue weighted by molar-refractivity contribution is 6.33. The van der Waals surface area contributed by atoms with Gasteiger partial charge in [0.05, 0.1) is 28.8 Å². The number of ether oxygens (including phenoxy) is 2. The van der Waals surface area contributed by atoms with Gasteiger partial charge in [-0.25, -0.2) is 4.98 Å². The second-order valence-electron chi connectivity index (χ2n) is 5.48. The van der Waals surface area contributed by atoms with Crippen LogP contribution in [0.25, 0.3) is 22.4 Å². The van der Waals surface area contributed by atoms with E-state index in [4.69, 9.17) is 21.1 Å². The average Bonchev–Trinajstić information content (AvgIpc) is 2.93. The standard InChI is InChI=1S/C18H19ClN2O2/c1-4-22-16-9-12(13(19)10-17(16)23-11(2)3)18-20-14-7-5-6-8-15(14)21-18/h5-11H,4H2,1-3H3,(H,20,21). The maximum Gasteiger partial charge on any atom is 0.163 e. The molecule has 0 fully saturated rings. The van der Waals surface area contributed by atoms with E-state index >= 15 is 0 Å². The molecule has 0 amide bonds. The van der Waals surface area contributed by atoms with E-state index in [2.05, 4.69) is 9.97 Å². The number of fused-ring (bicyclic) bond motifs is 1. The highest BCUT2D eigenvalue weighted by Gasteiger charge is 2.16. The normalized spacial score (nSPS) is 11.2. The number of hydrogen-bond donors (Lipinski definition) is 1. The summed E-state index contributed by atoms with van der Waals surface area (Å²) < 4.78 is 11.5. The summed E-state index contributed by atoms with van der Waals surface area (Å²) in [4.78, 5) is 7.89. The van der Waals surface area contributed by atoms with Crippen molar-refractivity contribution in [2.45, 2.75) is 26.9 Å². The molecule has 1 heterocycles. The molecule has 2 aromatic carbocycles. The van der Waals surface area contributed by atoms with E-state index < -0.39 is 0 Å². The van der Waals surface area contributed by atoms with Crippen LogP contribution >= 0.6 is 11.6 Å². The van der Waals surface area contributed by atoms with E-state index in [0.717, 1.165) is 16.6 Å². The molecule has 0 atom stereocenters. The van der Waals surface area contributed by atoms with E-state index in [0.29, 0.717) is 29.0 Å². The summed E-state index contributed by atoms with van der Waals surface area (Å²) >= 11 is 6.45. The van der Waals surface area contributed by atoms with Gasteiger partial charge in [-0.3, -0.25) is 0 Å². The molecular weight excluding hydrogens is 312 g/mol. The third-order valence-corrected chi connectivity index (χ3v) is 3.65. The lowest BCUT2D eigenvalue weighted by molar-refractivity contribution is 0.224. The van der Waals surface area contributed by atoms with Crippen LogP contribution in [-0.2, 0) is 0 Å². The Morgan fingerprint density at radius 2 is 1.96 bits per heavy atom. The first kappa shape index (κ1) is 15.7. The molecule has 0 saturated carbocycles. The molecule has 0 spiro atoms. The first-order chi connectivity index (χ1) is 11.1. The maximum absolute atomic E-state index is 6.45. The molecule has 0 bridgehead atoms. The lowest BCUT2D eigenvalue weighted by atomic mass is 10.2. The molecule has 0 saturated heterocycles. The van der Waals surface area contributed by atoms with Crippen LogP contribution in [0.4, 0.5) is 0 Å². The Bertz CT molecular complexity index is 794. The van der Waals surface area contributed by atoms with Gasteiger partial charge in [0.25, 0.3) is 0 Å². The fourth-order valence-electron chi connectivity index (χ4n) is 2.41. The predicted octanol–water partition coefficient (Wildman–Crippen LogP) is 5.07. The number of imidazole rings is 1. The summed E-state index contributed by atoms with van der Waals surface area (Å²) in [5.41, 5.74) is 2.67. The molecular formula is C18H19ClN2O2. The fourth-order valence-corrected chi connectivity index (χ4v) is 2.65. The van der Waals surface area contributed by atoms with Gasteiger partial charge in [0, 0.05) is 11.6 Å². The third kappa shape index (κ3) is 3.27. The van der Waals surface area contributed by atoms with Crippen LogP contribution in [0, 0.1) is 0 Å². The quantitative estimate of drug-likeness (QED) is 0.710. The van der Waals surface area contributed by atoms with E-state index in [1.807, 2.05) is 51.1 Å². The van der Waals surface area contributed by atoms with Crippen LogP contribution in [0.2, 0.25) is 5.02 Å². The monoisotopic (exact) mass is 330 g/mol. The van der Waals surface area contributed by atoms with Crippen LogP contribution in [-0.4, -0.2) is 22.7 Å². The van der Waals surface area contributed by atoms with Crippen molar-refractivity contribution >= 4 is 22.6 Å². The molecule has 3 rings (SSSR count). The van der Waals surface area contributed by atoms with Crippen LogP contribution in [0.1, 0.15) is 20.8 Å². The zero-order valence-electron chi connectivity index (χ0n) is 13.4. The number of para-hydroxylation sites is 2. The molecule has 0 aliphatic rings. The number of aromatic nitrogens is 2. The lowest BCUT2D eigenvalue weighted by Gasteiger charge is -2.16. The Kier molecular flexibility index (Phi) is 4.44. The van der Waals surface area contributed by atoms with Gasteiger partial charge in [-0.05, 0) is 39.0 Å².